The molecule has 114 valence electrons. The van der Waals surface area contributed by atoms with Crippen LogP contribution in [-0.2, 0) is 16.0 Å². The van der Waals surface area contributed by atoms with Crippen molar-refractivity contribution in [3.63, 3.8) is 0 Å². The summed E-state index contributed by atoms with van der Waals surface area (Å²) in [5, 5.41) is 13.6. The van der Waals surface area contributed by atoms with Gasteiger partial charge in [0.05, 0.1) is 6.04 Å². The average molecular weight is 311 g/mol. The molecule has 1 unspecified atom stereocenters. The Hall–Kier alpha value is -2.09. The topological polar surface area (TPSA) is 113 Å². The second-order valence-electron chi connectivity index (χ2n) is 4.91. The summed E-state index contributed by atoms with van der Waals surface area (Å²) in [6, 6.07) is 1.25. The highest BCUT2D eigenvalue weighted by atomic mass is 32.1. The van der Waals surface area contributed by atoms with Crippen LogP contribution < -0.4 is 11.1 Å². The Morgan fingerprint density at radius 2 is 2.19 bits per heavy atom. The van der Waals surface area contributed by atoms with Crippen LogP contribution in [0, 0.1) is 0 Å². The number of aryl methyl sites for hydroxylation is 1. The molecule has 0 saturated heterocycles. The van der Waals surface area contributed by atoms with Gasteiger partial charge >= 0.3 is 12.0 Å². The maximum atomic E-state index is 12.2. The molecular weight excluding hydrogens is 294 g/mol. The van der Waals surface area contributed by atoms with Crippen LogP contribution in [0.1, 0.15) is 29.3 Å². The summed E-state index contributed by atoms with van der Waals surface area (Å²) in [5.41, 5.74) is 6.13. The van der Waals surface area contributed by atoms with Crippen molar-refractivity contribution in [2.45, 2.75) is 25.3 Å². The Balaban J connectivity index is 2.05. The third-order valence-electron chi connectivity index (χ3n) is 3.31. The van der Waals surface area contributed by atoms with E-state index in [9.17, 15) is 14.4 Å². The van der Waals surface area contributed by atoms with Gasteiger partial charge in [0.2, 0.25) is 5.91 Å². The van der Waals surface area contributed by atoms with Crippen molar-refractivity contribution in [3.8, 4) is 0 Å². The number of urea groups is 1. The van der Waals surface area contributed by atoms with Crippen LogP contribution in [0.3, 0.4) is 0 Å². The van der Waals surface area contributed by atoms with Crippen molar-refractivity contribution >= 4 is 29.2 Å². The molecule has 1 aromatic heterocycles. The largest absolute Gasteiger partial charge is 0.480 e. The summed E-state index contributed by atoms with van der Waals surface area (Å²) >= 11 is 1.65. The van der Waals surface area contributed by atoms with Gasteiger partial charge in [-0.15, -0.1) is 11.3 Å². The molecule has 0 radical (unpaired) electrons. The van der Waals surface area contributed by atoms with Crippen molar-refractivity contribution in [1.29, 1.82) is 0 Å². The first-order valence-corrected chi connectivity index (χ1v) is 7.47. The maximum Gasteiger partial charge on any atom is 0.323 e. The number of fused-ring (bicyclic) bond motifs is 1. The highest BCUT2D eigenvalue weighted by Crippen LogP contribution is 2.33. The zero-order valence-electron chi connectivity index (χ0n) is 11.4. The number of hydrogen-bond donors (Lipinski definition) is 3. The minimum absolute atomic E-state index is 0.142. The van der Waals surface area contributed by atoms with Crippen molar-refractivity contribution in [3.05, 3.63) is 21.9 Å². The number of carboxylic acid groups (broad SMARTS) is 1. The van der Waals surface area contributed by atoms with Gasteiger partial charge in [0, 0.05) is 4.88 Å². The third kappa shape index (κ3) is 3.94. The zero-order valence-corrected chi connectivity index (χ0v) is 12.2. The van der Waals surface area contributed by atoms with Crippen LogP contribution in [0.15, 0.2) is 11.4 Å². The van der Waals surface area contributed by atoms with Gasteiger partial charge in [0.1, 0.15) is 13.1 Å². The number of aliphatic carboxylic acids is 1. The second-order valence-corrected chi connectivity index (χ2v) is 5.91. The van der Waals surface area contributed by atoms with Crippen molar-refractivity contribution in [2.24, 2.45) is 5.73 Å². The molecule has 21 heavy (non-hydrogen) atoms. The number of thiophene rings is 1. The summed E-state index contributed by atoms with van der Waals surface area (Å²) in [6.07, 6.45) is 2.76. The molecule has 1 heterocycles. The van der Waals surface area contributed by atoms with E-state index in [2.05, 4.69) is 5.32 Å². The Morgan fingerprint density at radius 3 is 2.86 bits per heavy atom. The molecule has 0 bridgehead atoms. The Bertz CT molecular complexity index is 541. The molecule has 2 rings (SSSR count). The Kier molecular flexibility index (Phi) is 4.79. The van der Waals surface area contributed by atoms with E-state index in [1.54, 1.807) is 11.3 Å². The van der Waals surface area contributed by atoms with Gasteiger partial charge in [0.15, 0.2) is 0 Å². The van der Waals surface area contributed by atoms with Crippen molar-refractivity contribution < 1.29 is 19.5 Å². The van der Waals surface area contributed by atoms with Gasteiger partial charge in [-0.05, 0) is 36.3 Å². The van der Waals surface area contributed by atoms with Crippen molar-refractivity contribution in [2.75, 3.05) is 13.1 Å². The number of nitrogens with one attached hydrogen (secondary N) is 1. The standard InChI is InChI=1S/C13H17N3O4S/c14-11(17)6-16(7-12(18)19)13(20)15-9-2-1-3-10-8(9)4-5-21-10/h4-5,9H,1-3,6-7H2,(H2,14,17)(H,15,20)(H,18,19). The van der Waals surface area contributed by atoms with E-state index >= 15 is 0 Å². The third-order valence-corrected chi connectivity index (χ3v) is 4.31. The van der Waals surface area contributed by atoms with Crippen LogP contribution in [-0.4, -0.2) is 41.0 Å². The number of nitrogens with two attached hydrogens (primary N) is 1. The monoisotopic (exact) mass is 311 g/mol. The minimum atomic E-state index is -1.19. The van der Waals surface area contributed by atoms with Gasteiger partial charge in [-0.1, -0.05) is 0 Å². The van der Waals surface area contributed by atoms with E-state index in [1.807, 2.05) is 11.4 Å². The highest BCUT2D eigenvalue weighted by Gasteiger charge is 2.26. The lowest BCUT2D eigenvalue weighted by atomic mass is 9.94. The minimum Gasteiger partial charge on any atom is -0.480 e. The Labute approximate surface area is 125 Å². The SMILES string of the molecule is NC(=O)CN(CC(=O)O)C(=O)NC1CCCc2sccc21. The van der Waals surface area contributed by atoms with Gasteiger partial charge in [-0.2, -0.15) is 0 Å². The smallest absolute Gasteiger partial charge is 0.323 e. The lowest BCUT2D eigenvalue weighted by molar-refractivity contribution is -0.137. The van der Waals surface area contributed by atoms with Crippen LogP contribution in [0.5, 0.6) is 0 Å². The second kappa shape index (κ2) is 6.57. The van der Waals surface area contributed by atoms with E-state index in [-0.39, 0.29) is 6.04 Å². The molecule has 8 heteroatoms. The molecule has 3 amide bonds. The average Bonchev–Trinajstić information content (AvgIpc) is 2.86. The molecule has 1 aromatic rings. The lowest BCUT2D eigenvalue weighted by Gasteiger charge is -2.27. The fraction of sp³-hybridized carbons (Fsp3) is 0.462. The fourth-order valence-electron chi connectivity index (χ4n) is 2.43. The van der Waals surface area contributed by atoms with Gasteiger partial charge in [0.25, 0.3) is 0 Å². The molecule has 1 atom stereocenters. The first-order chi connectivity index (χ1) is 9.97. The summed E-state index contributed by atoms with van der Waals surface area (Å²) in [6.45, 7) is -0.973. The molecule has 0 aliphatic heterocycles. The lowest BCUT2D eigenvalue weighted by Crippen LogP contribution is -2.47. The van der Waals surface area contributed by atoms with E-state index < -0.39 is 31.0 Å². The molecule has 0 saturated carbocycles. The van der Waals surface area contributed by atoms with E-state index in [1.165, 1.54) is 4.88 Å². The molecule has 4 N–H and O–H groups in total. The predicted molar refractivity (Wildman–Crippen MR) is 76.9 cm³/mol. The predicted octanol–water partition coefficient (Wildman–Crippen LogP) is 0.707. The summed E-state index contributed by atoms with van der Waals surface area (Å²) in [4.78, 5) is 36.0. The van der Waals surface area contributed by atoms with Gasteiger partial charge in [-0.3, -0.25) is 9.59 Å². The number of primary amides is 1. The quantitative estimate of drug-likeness (QED) is 0.743. The van der Waals surface area contributed by atoms with Gasteiger partial charge in [-0.25, -0.2) is 4.79 Å². The number of carbonyl (C=O) groups is 3. The van der Waals surface area contributed by atoms with Crippen LogP contribution in [0.2, 0.25) is 0 Å². The summed E-state index contributed by atoms with van der Waals surface area (Å²) < 4.78 is 0. The molecule has 0 aromatic carbocycles. The highest BCUT2D eigenvalue weighted by molar-refractivity contribution is 7.10. The summed E-state index contributed by atoms with van der Waals surface area (Å²) in [5.74, 6) is -1.93. The first-order valence-electron chi connectivity index (χ1n) is 6.59. The van der Waals surface area contributed by atoms with Crippen molar-refractivity contribution in [1.82, 2.24) is 10.2 Å². The van der Waals surface area contributed by atoms with E-state index in [0.717, 1.165) is 29.7 Å². The number of rotatable bonds is 5. The van der Waals surface area contributed by atoms with E-state index in [4.69, 9.17) is 10.8 Å². The number of hydrogen-bond acceptors (Lipinski definition) is 4. The molecule has 7 nitrogen and oxygen atoms in total. The fourth-order valence-corrected chi connectivity index (χ4v) is 3.42. The number of carbonyl (C=O) groups excluding carboxylic acids is 2. The number of carboxylic acids is 1. The summed E-state index contributed by atoms with van der Waals surface area (Å²) in [7, 11) is 0. The van der Waals surface area contributed by atoms with Crippen LogP contribution in [0.4, 0.5) is 4.79 Å². The molecule has 0 spiro atoms. The number of nitrogens with zero attached hydrogens (tertiary/aromatic N) is 1. The van der Waals surface area contributed by atoms with E-state index in [0.29, 0.717) is 0 Å². The van der Waals surface area contributed by atoms with Crippen LogP contribution in [0.25, 0.3) is 0 Å². The molecule has 1 aliphatic carbocycles. The number of amides is 3. The Morgan fingerprint density at radius 1 is 1.43 bits per heavy atom. The van der Waals surface area contributed by atoms with Gasteiger partial charge < -0.3 is 21.1 Å². The van der Waals surface area contributed by atoms with Crippen LogP contribution >= 0.6 is 11.3 Å². The molecule has 1 aliphatic rings. The zero-order chi connectivity index (χ0) is 15.4. The normalized spacial score (nSPS) is 16.9. The maximum absolute atomic E-state index is 12.2. The molecular formula is C13H17N3O4S. The molecule has 0 fully saturated rings. The first kappa shape index (κ1) is 15.3.